The molecule has 1 rings (SSSR count). The van der Waals surface area contributed by atoms with Gasteiger partial charge in [-0.05, 0) is 25.8 Å². The molecule has 0 radical (unpaired) electrons. The molecule has 5 nitrogen and oxygen atoms in total. The number of carbonyl (C=O) groups is 1. The van der Waals surface area contributed by atoms with Crippen molar-refractivity contribution >= 4 is 5.97 Å². The summed E-state index contributed by atoms with van der Waals surface area (Å²) in [6, 6.07) is 0. The monoisotopic (exact) mass is 270 g/mol. The molecule has 1 aliphatic rings. The van der Waals surface area contributed by atoms with Crippen LogP contribution in [0.2, 0.25) is 0 Å². The average molecular weight is 270 g/mol. The summed E-state index contributed by atoms with van der Waals surface area (Å²) in [6.45, 7) is 2.20. The number of rotatable bonds is 7. The van der Waals surface area contributed by atoms with Gasteiger partial charge in [0.25, 0.3) is 0 Å². The van der Waals surface area contributed by atoms with Crippen LogP contribution in [0.15, 0.2) is 24.0 Å². The summed E-state index contributed by atoms with van der Waals surface area (Å²) >= 11 is 0. The van der Waals surface area contributed by atoms with Gasteiger partial charge in [-0.2, -0.15) is 0 Å². The summed E-state index contributed by atoms with van der Waals surface area (Å²) < 4.78 is 15.9. The lowest BCUT2D eigenvalue weighted by Gasteiger charge is -2.36. The van der Waals surface area contributed by atoms with Gasteiger partial charge in [-0.3, -0.25) is 4.79 Å². The van der Waals surface area contributed by atoms with E-state index in [0.29, 0.717) is 25.2 Å². The molecule has 0 spiro atoms. The van der Waals surface area contributed by atoms with Crippen molar-refractivity contribution in [2.45, 2.75) is 25.4 Å². The van der Waals surface area contributed by atoms with E-state index in [9.17, 15) is 4.79 Å². The van der Waals surface area contributed by atoms with Gasteiger partial charge < -0.3 is 19.3 Å². The van der Waals surface area contributed by atoms with Crippen molar-refractivity contribution in [3.8, 4) is 0 Å². The summed E-state index contributed by atoms with van der Waals surface area (Å²) in [4.78, 5) is 12.1. The highest BCUT2D eigenvalue weighted by atomic mass is 16.6. The summed E-state index contributed by atoms with van der Waals surface area (Å²) in [7, 11) is 3.09. The molecule has 2 unspecified atom stereocenters. The lowest BCUT2D eigenvalue weighted by Crippen LogP contribution is -2.44. The third-order valence-electron chi connectivity index (χ3n) is 3.33. The molecule has 0 bridgehead atoms. The zero-order valence-electron chi connectivity index (χ0n) is 11.7. The van der Waals surface area contributed by atoms with Crippen molar-refractivity contribution in [3.63, 3.8) is 0 Å². The lowest BCUT2D eigenvalue weighted by atomic mass is 9.83. The van der Waals surface area contributed by atoms with Crippen molar-refractivity contribution in [2.75, 3.05) is 27.4 Å². The first-order chi connectivity index (χ1) is 9.10. The third kappa shape index (κ3) is 3.58. The second-order valence-corrected chi connectivity index (χ2v) is 4.51. The maximum atomic E-state index is 12.1. The number of hydrogen-bond donors (Lipinski definition) is 1. The Balaban J connectivity index is 2.68. The largest absolute Gasteiger partial charge is 0.498 e. The molecule has 0 aliphatic heterocycles. The molecule has 0 heterocycles. The number of ether oxygens (including phenoxy) is 3. The molecule has 0 aromatic rings. The molecular weight excluding hydrogens is 248 g/mol. The Kier molecular flexibility index (Phi) is 6.05. The Morgan fingerprint density at radius 3 is 2.74 bits per heavy atom. The second-order valence-electron chi connectivity index (χ2n) is 4.51. The SMILES string of the molecule is COC1=CC=CC(C(=O)OCCCCO)C1(C)OC. The van der Waals surface area contributed by atoms with Crippen molar-refractivity contribution in [2.24, 2.45) is 5.92 Å². The fourth-order valence-corrected chi connectivity index (χ4v) is 2.03. The fraction of sp³-hybridized carbons (Fsp3) is 0.643. The second kappa shape index (κ2) is 7.31. The van der Waals surface area contributed by atoms with Gasteiger partial charge in [-0.15, -0.1) is 0 Å². The molecule has 1 aliphatic carbocycles. The normalized spacial score (nSPS) is 25.9. The van der Waals surface area contributed by atoms with Crippen molar-refractivity contribution in [1.29, 1.82) is 0 Å². The van der Waals surface area contributed by atoms with E-state index in [1.165, 1.54) is 7.11 Å². The summed E-state index contributed by atoms with van der Waals surface area (Å²) in [5.74, 6) is -0.289. The highest BCUT2D eigenvalue weighted by Crippen LogP contribution is 2.35. The Morgan fingerprint density at radius 2 is 2.16 bits per heavy atom. The Morgan fingerprint density at radius 1 is 1.42 bits per heavy atom. The van der Waals surface area contributed by atoms with E-state index >= 15 is 0 Å². The first kappa shape index (κ1) is 15.7. The molecular formula is C14H22O5. The van der Waals surface area contributed by atoms with Crippen molar-refractivity contribution < 1.29 is 24.1 Å². The van der Waals surface area contributed by atoms with Crippen LogP contribution in [0.1, 0.15) is 19.8 Å². The van der Waals surface area contributed by atoms with E-state index in [2.05, 4.69) is 0 Å². The molecule has 0 aromatic carbocycles. The van der Waals surface area contributed by atoms with Gasteiger partial charge in [-0.1, -0.05) is 12.2 Å². The minimum Gasteiger partial charge on any atom is -0.498 e. The molecule has 19 heavy (non-hydrogen) atoms. The van der Waals surface area contributed by atoms with Crippen molar-refractivity contribution in [3.05, 3.63) is 24.0 Å². The van der Waals surface area contributed by atoms with E-state index in [-0.39, 0.29) is 12.6 Å². The summed E-state index contributed by atoms with van der Waals surface area (Å²) in [5.41, 5.74) is -0.850. The number of aliphatic hydroxyl groups is 1. The van der Waals surface area contributed by atoms with Crippen LogP contribution in [-0.4, -0.2) is 44.1 Å². The van der Waals surface area contributed by atoms with Crippen LogP contribution in [0.4, 0.5) is 0 Å². The van der Waals surface area contributed by atoms with Crippen LogP contribution in [0.5, 0.6) is 0 Å². The smallest absolute Gasteiger partial charge is 0.316 e. The predicted molar refractivity (Wildman–Crippen MR) is 70.4 cm³/mol. The van der Waals surface area contributed by atoms with Crippen LogP contribution >= 0.6 is 0 Å². The Bertz CT molecular complexity index is 361. The minimum absolute atomic E-state index is 0.104. The Labute approximate surface area is 113 Å². The Hall–Kier alpha value is -1.33. The number of esters is 1. The average Bonchev–Trinajstić information content (AvgIpc) is 2.43. The van der Waals surface area contributed by atoms with Crippen LogP contribution < -0.4 is 0 Å². The number of hydrogen-bond acceptors (Lipinski definition) is 5. The number of unbranched alkanes of at least 4 members (excludes halogenated alkanes) is 1. The molecule has 0 saturated heterocycles. The predicted octanol–water partition coefficient (Wildman–Crippen LogP) is 1.42. The lowest BCUT2D eigenvalue weighted by molar-refractivity contribution is -0.156. The van der Waals surface area contributed by atoms with E-state index in [1.54, 1.807) is 32.3 Å². The van der Waals surface area contributed by atoms with E-state index in [0.717, 1.165) is 0 Å². The first-order valence-electron chi connectivity index (χ1n) is 6.35. The number of aliphatic hydroxyl groups excluding tert-OH is 1. The molecule has 2 atom stereocenters. The summed E-state index contributed by atoms with van der Waals surface area (Å²) in [6.07, 6.45) is 6.56. The maximum absolute atomic E-state index is 12.1. The van der Waals surface area contributed by atoms with E-state index in [1.807, 2.05) is 0 Å². The quantitative estimate of drug-likeness (QED) is 0.560. The molecule has 0 amide bonds. The molecule has 5 heteroatoms. The van der Waals surface area contributed by atoms with Gasteiger partial charge in [0.2, 0.25) is 0 Å². The van der Waals surface area contributed by atoms with Gasteiger partial charge in [0.1, 0.15) is 17.3 Å². The molecule has 0 aromatic heterocycles. The zero-order valence-corrected chi connectivity index (χ0v) is 11.7. The maximum Gasteiger partial charge on any atom is 0.316 e. The van der Waals surface area contributed by atoms with Gasteiger partial charge in [-0.25, -0.2) is 0 Å². The topological polar surface area (TPSA) is 65.0 Å². The van der Waals surface area contributed by atoms with Gasteiger partial charge in [0.05, 0.1) is 13.7 Å². The highest BCUT2D eigenvalue weighted by molar-refractivity contribution is 5.77. The van der Waals surface area contributed by atoms with Gasteiger partial charge in [0, 0.05) is 13.7 Å². The van der Waals surface area contributed by atoms with Crippen LogP contribution in [0.25, 0.3) is 0 Å². The fourth-order valence-electron chi connectivity index (χ4n) is 2.03. The molecule has 0 saturated carbocycles. The van der Waals surface area contributed by atoms with E-state index in [4.69, 9.17) is 19.3 Å². The molecule has 108 valence electrons. The highest BCUT2D eigenvalue weighted by Gasteiger charge is 2.44. The van der Waals surface area contributed by atoms with E-state index < -0.39 is 11.5 Å². The number of methoxy groups -OCH3 is 2. The zero-order chi connectivity index (χ0) is 14.3. The minimum atomic E-state index is -0.850. The standard InChI is InChI=1S/C14H22O5/c1-14(18-3)11(7-6-8-12(14)17-2)13(16)19-10-5-4-9-15/h6-8,11,15H,4-5,9-10H2,1-3H3. The van der Waals surface area contributed by atoms with Crippen LogP contribution in [0.3, 0.4) is 0 Å². The van der Waals surface area contributed by atoms with Gasteiger partial charge >= 0.3 is 5.97 Å². The first-order valence-corrected chi connectivity index (χ1v) is 6.35. The third-order valence-corrected chi connectivity index (χ3v) is 3.33. The number of carbonyl (C=O) groups excluding carboxylic acids is 1. The van der Waals surface area contributed by atoms with Gasteiger partial charge in [0.15, 0.2) is 0 Å². The van der Waals surface area contributed by atoms with Crippen LogP contribution in [-0.2, 0) is 19.0 Å². The number of allylic oxidation sites excluding steroid dienone is 2. The molecule has 1 N–H and O–H groups in total. The molecule has 0 fully saturated rings. The van der Waals surface area contributed by atoms with Crippen molar-refractivity contribution in [1.82, 2.24) is 0 Å². The summed E-state index contributed by atoms with van der Waals surface area (Å²) in [5, 5.41) is 8.67. The van der Waals surface area contributed by atoms with Crippen LogP contribution in [0, 0.1) is 5.92 Å².